The van der Waals surface area contributed by atoms with Gasteiger partial charge >= 0.3 is 5.96 Å². The second-order valence-corrected chi connectivity index (χ2v) is 3.05. The van der Waals surface area contributed by atoms with Crippen molar-refractivity contribution in [1.29, 1.82) is 0 Å². The molecule has 0 aromatic heterocycles. The Morgan fingerprint density at radius 1 is 1.21 bits per heavy atom. The average Bonchev–Trinajstić information content (AvgIpc) is 2.07. The van der Waals surface area contributed by atoms with Crippen LogP contribution >= 0.6 is 12.6 Å². The zero-order valence-electron chi connectivity index (χ0n) is 7.44. The largest absolute Gasteiger partial charge is 0.323 e. The molecule has 0 aliphatic carbocycles. The van der Waals surface area contributed by atoms with Crippen molar-refractivity contribution in [1.82, 2.24) is 0 Å². The van der Waals surface area contributed by atoms with E-state index in [1.165, 1.54) is 0 Å². The number of thiol groups is 1. The van der Waals surface area contributed by atoms with Gasteiger partial charge in [-0.05, 0) is 12.1 Å². The molecule has 0 atom stereocenters. The van der Waals surface area contributed by atoms with Crippen molar-refractivity contribution < 1.29 is 4.99 Å². The molecule has 14 heavy (non-hydrogen) atoms. The number of hydrogen-bond acceptors (Lipinski definition) is 2. The Morgan fingerprint density at radius 2 is 1.86 bits per heavy atom. The summed E-state index contributed by atoms with van der Waals surface area (Å²) in [7, 11) is 0. The number of nitrogens with zero attached hydrogens (tertiary/aromatic N) is 1. The van der Waals surface area contributed by atoms with E-state index in [1.54, 1.807) is 6.07 Å². The van der Waals surface area contributed by atoms with Crippen LogP contribution in [0.3, 0.4) is 0 Å². The summed E-state index contributed by atoms with van der Waals surface area (Å²) in [5, 5.41) is 0. The summed E-state index contributed by atoms with van der Waals surface area (Å²) in [6, 6.07) is 7.28. The third kappa shape index (κ3) is 2.98. The zero-order valence-corrected chi connectivity index (χ0v) is 8.33. The van der Waals surface area contributed by atoms with E-state index in [0.717, 1.165) is 4.90 Å². The molecule has 0 amide bonds. The second-order valence-electron chi connectivity index (χ2n) is 2.57. The molecule has 7 N–H and O–H groups in total. The van der Waals surface area contributed by atoms with Gasteiger partial charge in [-0.2, -0.15) is 0 Å². The van der Waals surface area contributed by atoms with Crippen LogP contribution < -0.4 is 22.2 Å². The summed E-state index contributed by atoms with van der Waals surface area (Å²) in [6.07, 6.45) is 0. The summed E-state index contributed by atoms with van der Waals surface area (Å²) in [6.45, 7) is 0. The molecule has 0 unspecified atom stereocenters. The molecule has 1 rings (SSSR count). The molecular formula is C8H12N5S+. The Balaban J connectivity index is 2.98. The summed E-state index contributed by atoms with van der Waals surface area (Å²) in [4.78, 5) is 7.24. The van der Waals surface area contributed by atoms with Gasteiger partial charge in [-0.1, -0.05) is 12.1 Å². The van der Waals surface area contributed by atoms with Crippen molar-refractivity contribution in [3.63, 3.8) is 0 Å². The Hall–Kier alpha value is -1.69. The molecule has 0 bridgehead atoms. The minimum absolute atomic E-state index is 0.00268. The quantitative estimate of drug-likeness (QED) is 0.216. The minimum Gasteiger partial charge on any atom is -0.323 e. The lowest BCUT2D eigenvalue weighted by atomic mass is 10.3. The normalized spacial score (nSPS) is 11.1. The van der Waals surface area contributed by atoms with Crippen LogP contribution in [0, 0.1) is 0 Å². The topological polar surface area (TPSA) is 104 Å². The number of benzene rings is 1. The lowest BCUT2D eigenvalue weighted by Crippen LogP contribution is -2.84. The highest BCUT2D eigenvalue weighted by Gasteiger charge is 2.00. The fraction of sp³-hybridized carbons (Fsp3) is 0. The van der Waals surface area contributed by atoms with Gasteiger partial charge in [0.1, 0.15) is 5.69 Å². The molecule has 0 fully saturated rings. The Labute approximate surface area is 87.1 Å². The number of rotatable bonds is 1. The first kappa shape index (κ1) is 10.4. The van der Waals surface area contributed by atoms with E-state index in [-0.39, 0.29) is 11.9 Å². The molecule has 0 heterocycles. The predicted molar refractivity (Wildman–Crippen MR) is 59.3 cm³/mol. The average molecular weight is 210 g/mol. The molecule has 6 heteroatoms. The lowest BCUT2D eigenvalue weighted by Gasteiger charge is -1.95. The van der Waals surface area contributed by atoms with Crippen LogP contribution in [0.25, 0.3) is 0 Å². The fourth-order valence-corrected chi connectivity index (χ4v) is 1.07. The van der Waals surface area contributed by atoms with Crippen LogP contribution in [0.2, 0.25) is 0 Å². The zero-order chi connectivity index (χ0) is 10.6. The molecule has 0 aliphatic heterocycles. The van der Waals surface area contributed by atoms with Gasteiger partial charge in [0.05, 0.1) is 0 Å². The highest BCUT2D eigenvalue weighted by molar-refractivity contribution is 7.80. The van der Waals surface area contributed by atoms with E-state index >= 15 is 0 Å². The highest BCUT2D eigenvalue weighted by atomic mass is 32.1. The third-order valence-corrected chi connectivity index (χ3v) is 1.77. The van der Waals surface area contributed by atoms with Crippen LogP contribution in [-0.4, -0.2) is 11.9 Å². The molecule has 0 spiro atoms. The smallest absolute Gasteiger partial charge is 0.316 e. The van der Waals surface area contributed by atoms with Gasteiger partial charge in [-0.3, -0.25) is 0 Å². The van der Waals surface area contributed by atoms with Gasteiger partial charge in [0.25, 0.3) is 5.96 Å². The highest BCUT2D eigenvalue weighted by Crippen LogP contribution is 2.20. The predicted octanol–water partition coefficient (Wildman–Crippen LogP) is -1.72. The van der Waals surface area contributed by atoms with Crippen molar-refractivity contribution in [3.8, 4) is 0 Å². The van der Waals surface area contributed by atoms with Crippen molar-refractivity contribution in [2.75, 3.05) is 0 Å². The lowest BCUT2D eigenvalue weighted by molar-refractivity contribution is -0.320. The molecular weight excluding hydrogens is 198 g/mol. The molecule has 1 aromatic rings. The van der Waals surface area contributed by atoms with Crippen molar-refractivity contribution in [2.24, 2.45) is 22.2 Å². The van der Waals surface area contributed by atoms with Crippen LogP contribution in [0.1, 0.15) is 0 Å². The molecule has 5 nitrogen and oxygen atoms in total. The molecule has 74 valence electrons. The first-order chi connectivity index (χ1) is 6.59. The molecule has 0 aliphatic rings. The van der Waals surface area contributed by atoms with Crippen LogP contribution in [0.5, 0.6) is 0 Å². The van der Waals surface area contributed by atoms with Gasteiger partial charge in [0.2, 0.25) is 0 Å². The van der Waals surface area contributed by atoms with Gasteiger partial charge in [0.15, 0.2) is 0 Å². The Kier molecular flexibility index (Phi) is 3.35. The number of nitrogens with two attached hydrogens (primary N) is 3. The molecule has 1 aromatic carbocycles. The number of hydrogen-bond donors (Lipinski definition) is 5. The monoisotopic (exact) mass is 210 g/mol. The Morgan fingerprint density at radius 3 is 2.43 bits per heavy atom. The molecule has 0 saturated carbocycles. The first-order valence-corrected chi connectivity index (χ1v) is 4.31. The number of aliphatic imine (C=N–C) groups is 1. The maximum atomic E-state index is 5.50. The maximum Gasteiger partial charge on any atom is 0.316 e. The van der Waals surface area contributed by atoms with Crippen molar-refractivity contribution in [2.45, 2.75) is 4.90 Å². The second kappa shape index (κ2) is 4.52. The SMILES string of the molecule is NC(=Nc1ccccc1S)[NH+]=C(N)N. The van der Waals surface area contributed by atoms with E-state index < -0.39 is 0 Å². The minimum atomic E-state index is 0.00268. The van der Waals surface area contributed by atoms with E-state index in [9.17, 15) is 0 Å². The Bertz CT molecular complexity index is 381. The standard InChI is InChI=1S/C8H11N5S/c9-7(10)13-8(11)12-5-3-1-2-4-6(5)14/h1-4,14H,(H6,9,10,11,12,13)/p+1. The van der Waals surface area contributed by atoms with Crippen molar-refractivity contribution >= 4 is 30.2 Å². The van der Waals surface area contributed by atoms with Gasteiger partial charge in [-0.15, -0.1) is 17.6 Å². The molecule has 0 radical (unpaired) electrons. The van der Waals surface area contributed by atoms with Crippen LogP contribution in [0.4, 0.5) is 5.69 Å². The first-order valence-electron chi connectivity index (χ1n) is 3.86. The van der Waals surface area contributed by atoms with Gasteiger partial charge in [0, 0.05) is 4.90 Å². The van der Waals surface area contributed by atoms with E-state index in [1.807, 2.05) is 18.2 Å². The van der Waals surface area contributed by atoms with Gasteiger partial charge < -0.3 is 17.2 Å². The third-order valence-electron chi connectivity index (χ3n) is 1.40. The number of nitrogens with one attached hydrogen (secondary N) is 1. The maximum absolute atomic E-state index is 5.50. The summed E-state index contributed by atoms with van der Waals surface area (Å²) >= 11 is 4.20. The van der Waals surface area contributed by atoms with Crippen molar-refractivity contribution in [3.05, 3.63) is 24.3 Å². The molecule has 0 saturated heterocycles. The van der Waals surface area contributed by atoms with E-state index in [2.05, 4.69) is 22.6 Å². The fourth-order valence-electron chi connectivity index (χ4n) is 0.864. The van der Waals surface area contributed by atoms with E-state index in [0.29, 0.717) is 5.69 Å². The number of para-hydroxylation sites is 1. The van der Waals surface area contributed by atoms with Gasteiger partial charge in [-0.25, -0.2) is 4.99 Å². The number of guanidine groups is 2. The van der Waals surface area contributed by atoms with Crippen LogP contribution in [-0.2, 0) is 0 Å². The van der Waals surface area contributed by atoms with Crippen LogP contribution in [0.15, 0.2) is 34.2 Å². The van der Waals surface area contributed by atoms with E-state index in [4.69, 9.17) is 17.2 Å². The summed E-state index contributed by atoms with van der Waals surface area (Å²) in [5.41, 5.74) is 16.5. The summed E-state index contributed by atoms with van der Waals surface area (Å²) < 4.78 is 0. The summed E-state index contributed by atoms with van der Waals surface area (Å²) in [5.74, 6) is 0.134.